The molecule has 108 valence electrons. The van der Waals surface area contributed by atoms with Gasteiger partial charge in [-0.1, -0.05) is 0 Å². The van der Waals surface area contributed by atoms with Crippen molar-refractivity contribution in [2.75, 3.05) is 0 Å². The zero-order valence-electron chi connectivity index (χ0n) is 11.5. The van der Waals surface area contributed by atoms with E-state index in [2.05, 4.69) is 10.4 Å². The molecule has 2 saturated carbocycles. The third kappa shape index (κ3) is 2.42. The van der Waals surface area contributed by atoms with Crippen molar-refractivity contribution in [3.8, 4) is 0 Å². The molecule has 2 aliphatic carbocycles. The molecule has 2 N–H and O–H groups in total. The molecule has 1 heterocycles. The number of aliphatic carboxylic acids is 1. The van der Waals surface area contributed by atoms with Crippen LogP contribution in [0.2, 0.25) is 0 Å². The third-order valence-electron chi connectivity index (χ3n) is 4.31. The Morgan fingerprint density at radius 3 is 2.70 bits per heavy atom. The van der Waals surface area contributed by atoms with E-state index in [1.165, 1.54) is 0 Å². The third-order valence-corrected chi connectivity index (χ3v) is 4.31. The molecule has 0 aliphatic heterocycles. The van der Waals surface area contributed by atoms with Gasteiger partial charge in [-0.3, -0.25) is 14.3 Å². The van der Waals surface area contributed by atoms with E-state index in [1.54, 1.807) is 10.9 Å². The SMILES string of the molecule is Cn1ncc(C(=O)N[C@@H]2CC[C@H](C(=O)O)C2)c1C1CC1. The van der Waals surface area contributed by atoms with E-state index in [0.717, 1.165) is 25.0 Å². The fourth-order valence-corrected chi connectivity index (χ4v) is 3.06. The van der Waals surface area contributed by atoms with Crippen LogP contribution in [-0.4, -0.2) is 32.8 Å². The number of aryl methyl sites for hydroxylation is 1. The topological polar surface area (TPSA) is 84.2 Å². The minimum atomic E-state index is -0.762. The molecule has 0 bridgehead atoms. The Balaban J connectivity index is 1.67. The van der Waals surface area contributed by atoms with Crippen molar-refractivity contribution in [2.45, 2.75) is 44.1 Å². The van der Waals surface area contributed by atoms with Gasteiger partial charge >= 0.3 is 5.97 Å². The molecule has 1 amide bonds. The van der Waals surface area contributed by atoms with Gasteiger partial charge in [0, 0.05) is 19.0 Å². The number of carbonyl (C=O) groups is 2. The number of carboxylic acids is 1. The first-order valence-electron chi connectivity index (χ1n) is 7.12. The van der Waals surface area contributed by atoms with Crippen molar-refractivity contribution in [3.63, 3.8) is 0 Å². The summed E-state index contributed by atoms with van der Waals surface area (Å²) in [5, 5.41) is 16.1. The average molecular weight is 277 g/mol. The summed E-state index contributed by atoms with van der Waals surface area (Å²) >= 11 is 0. The van der Waals surface area contributed by atoms with Crippen LogP contribution in [0.1, 0.15) is 54.1 Å². The number of rotatable bonds is 4. The minimum absolute atomic E-state index is 0.0316. The first-order chi connectivity index (χ1) is 9.56. The molecule has 20 heavy (non-hydrogen) atoms. The minimum Gasteiger partial charge on any atom is -0.481 e. The number of carboxylic acid groups (broad SMARTS) is 1. The standard InChI is InChI=1S/C14H19N3O3/c1-17-12(8-2-3-8)11(7-15-17)13(18)16-10-5-4-9(6-10)14(19)20/h7-10H,2-6H2,1H3,(H,16,18)(H,19,20)/t9-,10+/m0/s1. The smallest absolute Gasteiger partial charge is 0.306 e. The predicted molar refractivity (Wildman–Crippen MR) is 71.4 cm³/mol. The Morgan fingerprint density at radius 1 is 1.35 bits per heavy atom. The second kappa shape index (κ2) is 4.92. The number of nitrogens with zero attached hydrogens (tertiary/aromatic N) is 2. The molecule has 2 aliphatic rings. The number of aromatic nitrogens is 2. The fraction of sp³-hybridized carbons (Fsp3) is 0.643. The van der Waals surface area contributed by atoms with Crippen LogP contribution < -0.4 is 5.32 Å². The van der Waals surface area contributed by atoms with Crippen LogP contribution >= 0.6 is 0 Å². The van der Waals surface area contributed by atoms with Crippen molar-refractivity contribution in [2.24, 2.45) is 13.0 Å². The largest absolute Gasteiger partial charge is 0.481 e. The summed E-state index contributed by atoms with van der Waals surface area (Å²) in [5.41, 5.74) is 1.66. The number of amides is 1. The molecule has 6 nitrogen and oxygen atoms in total. The highest BCUT2D eigenvalue weighted by Crippen LogP contribution is 2.41. The Bertz CT molecular complexity index is 548. The van der Waals surface area contributed by atoms with Crippen LogP contribution in [0.25, 0.3) is 0 Å². The number of nitrogens with one attached hydrogen (secondary N) is 1. The van der Waals surface area contributed by atoms with Crippen LogP contribution in [0.4, 0.5) is 0 Å². The maximum absolute atomic E-state index is 12.3. The lowest BCUT2D eigenvalue weighted by molar-refractivity contribution is -0.141. The van der Waals surface area contributed by atoms with E-state index in [9.17, 15) is 9.59 Å². The van der Waals surface area contributed by atoms with Gasteiger partial charge in [0.05, 0.1) is 23.4 Å². The molecule has 1 aromatic heterocycles. The highest BCUT2D eigenvalue weighted by atomic mass is 16.4. The second-order valence-corrected chi connectivity index (χ2v) is 5.86. The van der Waals surface area contributed by atoms with Crippen molar-refractivity contribution in [3.05, 3.63) is 17.5 Å². The zero-order valence-corrected chi connectivity index (χ0v) is 11.5. The Morgan fingerprint density at radius 2 is 2.10 bits per heavy atom. The maximum atomic E-state index is 12.3. The van der Waals surface area contributed by atoms with E-state index < -0.39 is 5.97 Å². The molecule has 2 atom stereocenters. The van der Waals surface area contributed by atoms with Gasteiger partial charge < -0.3 is 10.4 Å². The molecule has 0 aromatic carbocycles. The van der Waals surface area contributed by atoms with E-state index in [0.29, 0.717) is 24.3 Å². The van der Waals surface area contributed by atoms with Crippen molar-refractivity contribution >= 4 is 11.9 Å². The van der Waals surface area contributed by atoms with Crippen LogP contribution in [0, 0.1) is 5.92 Å². The van der Waals surface area contributed by atoms with Gasteiger partial charge in [0.25, 0.3) is 5.91 Å². The van der Waals surface area contributed by atoms with Gasteiger partial charge in [-0.15, -0.1) is 0 Å². The van der Waals surface area contributed by atoms with Crippen molar-refractivity contribution in [1.82, 2.24) is 15.1 Å². The van der Waals surface area contributed by atoms with Gasteiger partial charge in [0.2, 0.25) is 0 Å². The number of hydrogen-bond acceptors (Lipinski definition) is 3. The second-order valence-electron chi connectivity index (χ2n) is 5.86. The molecule has 6 heteroatoms. The van der Waals surface area contributed by atoms with E-state index in [4.69, 9.17) is 5.11 Å². The Kier molecular flexibility index (Phi) is 3.23. The summed E-state index contributed by atoms with van der Waals surface area (Å²) in [7, 11) is 1.86. The first-order valence-corrected chi connectivity index (χ1v) is 7.12. The van der Waals surface area contributed by atoms with Gasteiger partial charge in [-0.05, 0) is 32.1 Å². The summed E-state index contributed by atoms with van der Waals surface area (Å²) in [6, 6.07) is -0.0316. The van der Waals surface area contributed by atoms with Crippen molar-refractivity contribution < 1.29 is 14.7 Å². The Hall–Kier alpha value is -1.85. The van der Waals surface area contributed by atoms with E-state index in [-0.39, 0.29) is 17.9 Å². The molecule has 1 aromatic rings. The molecular weight excluding hydrogens is 258 g/mol. The van der Waals surface area contributed by atoms with Crippen LogP contribution in [0.15, 0.2) is 6.20 Å². The molecule has 0 spiro atoms. The highest BCUT2D eigenvalue weighted by Gasteiger charge is 2.34. The van der Waals surface area contributed by atoms with E-state index >= 15 is 0 Å². The average Bonchev–Trinajstić information content (AvgIpc) is 2.99. The molecule has 0 radical (unpaired) electrons. The molecular formula is C14H19N3O3. The van der Waals surface area contributed by atoms with Gasteiger partial charge in [0.1, 0.15) is 0 Å². The quantitative estimate of drug-likeness (QED) is 0.868. The Labute approximate surface area is 117 Å². The number of hydrogen-bond donors (Lipinski definition) is 2. The van der Waals surface area contributed by atoms with Crippen LogP contribution in [0.5, 0.6) is 0 Å². The van der Waals surface area contributed by atoms with Crippen molar-refractivity contribution in [1.29, 1.82) is 0 Å². The van der Waals surface area contributed by atoms with Crippen LogP contribution in [-0.2, 0) is 11.8 Å². The molecule has 0 unspecified atom stereocenters. The van der Waals surface area contributed by atoms with Crippen LogP contribution in [0.3, 0.4) is 0 Å². The van der Waals surface area contributed by atoms with Gasteiger partial charge in [0.15, 0.2) is 0 Å². The highest BCUT2D eigenvalue weighted by molar-refractivity contribution is 5.95. The van der Waals surface area contributed by atoms with Gasteiger partial charge in [-0.2, -0.15) is 5.10 Å². The normalized spacial score (nSPS) is 25.6. The predicted octanol–water partition coefficient (Wildman–Crippen LogP) is 1.28. The lowest BCUT2D eigenvalue weighted by Gasteiger charge is -2.12. The summed E-state index contributed by atoms with van der Waals surface area (Å²) in [5.74, 6) is -0.742. The lowest BCUT2D eigenvalue weighted by Crippen LogP contribution is -2.33. The number of carbonyl (C=O) groups excluding carboxylic acids is 1. The molecule has 3 rings (SSSR count). The summed E-state index contributed by atoms with van der Waals surface area (Å²) in [4.78, 5) is 23.3. The first kappa shape index (κ1) is 13.1. The van der Waals surface area contributed by atoms with Gasteiger partial charge in [-0.25, -0.2) is 0 Å². The monoisotopic (exact) mass is 277 g/mol. The zero-order chi connectivity index (χ0) is 14.3. The molecule has 2 fully saturated rings. The summed E-state index contributed by atoms with van der Waals surface area (Å²) in [6.45, 7) is 0. The summed E-state index contributed by atoms with van der Waals surface area (Å²) < 4.78 is 1.78. The molecule has 0 saturated heterocycles. The fourth-order valence-electron chi connectivity index (χ4n) is 3.06. The maximum Gasteiger partial charge on any atom is 0.306 e. The van der Waals surface area contributed by atoms with E-state index in [1.807, 2.05) is 7.05 Å². The summed E-state index contributed by atoms with van der Waals surface area (Å²) in [6.07, 6.45) is 5.76. The lowest BCUT2D eigenvalue weighted by atomic mass is 10.1.